The molecule has 0 N–H and O–H groups in total. The van der Waals surface area contributed by atoms with Crippen molar-refractivity contribution >= 4 is 10.1 Å². The molecule has 0 saturated carbocycles. The topological polar surface area (TPSA) is 98.5 Å². The lowest BCUT2D eigenvalue weighted by molar-refractivity contribution is 0.290. The molecule has 0 aliphatic heterocycles. The van der Waals surface area contributed by atoms with Crippen LogP contribution in [-0.2, 0) is 20.9 Å². The Kier molecular flexibility index (Phi) is 6.90. The number of ether oxygens (including phenoxy) is 2. The van der Waals surface area contributed by atoms with Crippen molar-refractivity contribution in [3.8, 4) is 28.8 Å². The molecule has 0 amide bonds. The number of aryl methyl sites for hydroxylation is 1. The maximum Gasteiger partial charge on any atom is 0.297 e. The van der Waals surface area contributed by atoms with Gasteiger partial charge in [0.25, 0.3) is 10.1 Å². The number of nitrogens with zero attached hydrogens (tertiary/aromatic N) is 2. The monoisotopic (exact) mass is 438 g/mol. The molecule has 31 heavy (non-hydrogen) atoms. The molecule has 0 saturated heterocycles. The molecule has 0 fully saturated rings. The molecule has 3 aromatic rings. The number of nitriles is 1. The van der Waals surface area contributed by atoms with Crippen molar-refractivity contribution in [2.24, 2.45) is 0 Å². The molecule has 0 spiro atoms. The lowest BCUT2D eigenvalue weighted by Crippen LogP contribution is -2.09. The van der Waals surface area contributed by atoms with Gasteiger partial charge in [0.1, 0.15) is 17.6 Å². The molecule has 3 rings (SSSR count). The van der Waals surface area contributed by atoms with E-state index in [1.54, 1.807) is 19.1 Å². The normalized spacial score (nSPS) is 11.0. The third kappa shape index (κ3) is 4.85. The minimum absolute atomic E-state index is 0.000738. The minimum atomic E-state index is -4.00. The first kappa shape index (κ1) is 22.3. The maximum atomic E-state index is 12.6. The van der Waals surface area contributed by atoms with E-state index in [1.165, 1.54) is 19.4 Å². The van der Waals surface area contributed by atoms with Gasteiger partial charge in [-0.05, 0) is 31.5 Å². The molecule has 1 aromatic heterocycles. The van der Waals surface area contributed by atoms with Crippen molar-refractivity contribution in [1.29, 1.82) is 5.26 Å². The Morgan fingerprint density at radius 2 is 1.84 bits per heavy atom. The van der Waals surface area contributed by atoms with Crippen LogP contribution in [0.25, 0.3) is 11.1 Å². The number of rotatable bonds is 8. The largest absolute Gasteiger partial charge is 0.494 e. The number of aromatic nitrogens is 1. The average molecular weight is 439 g/mol. The SMILES string of the molecule is CCOS(=O)(=O)c1ccc(C)cc1-c1cnc(OCc2ccccc2)c(C#N)c1OC. The lowest BCUT2D eigenvalue weighted by atomic mass is 10.0. The van der Waals surface area contributed by atoms with Crippen LogP contribution in [0.3, 0.4) is 0 Å². The van der Waals surface area contributed by atoms with Crippen LogP contribution in [0.4, 0.5) is 0 Å². The van der Waals surface area contributed by atoms with Crippen molar-refractivity contribution in [2.45, 2.75) is 25.3 Å². The summed E-state index contributed by atoms with van der Waals surface area (Å²) >= 11 is 0. The highest BCUT2D eigenvalue weighted by Crippen LogP contribution is 2.40. The molecule has 0 atom stereocenters. The minimum Gasteiger partial charge on any atom is -0.494 e. The van der Waals surface area contributed by atoms with Crippen LogP contribution in [-0.4, -0.2) is 27.1 Å². The smallest absolute Gasteiger partial charge is 0.297 e. The van der Waals surface area contributed by atoms with E-state index < -0.39 is 10.1 Å². The fourth-order valence-electron chi connectivity index (χ4n) is 3.11. The van der Waals surface area contributed by atoms with Gasteiger partial charge >= 0.3 is 0 Å². The average Bonchev–Trinajstić information content (AvgIpc) is 2.77. The number of methoxy groups -OCH3 is 1. The number of hydrogen-bond acceptors (Lipinski definition) is 7. The summed E-state index contributed by atoms with van der Waals surface area (Å²) in [5.74, 6) is 0.285. The Hall–Kier alpha value is -3.41. The Morgan fingerprint density at radius 1 is 1.10 bits per heavy atom. The first-order valence-electron chi connectivity index (χ1n) is 9.55. The zero-order chi connectivity index (χ0) is 22.4. The van der Waals surface area contributed by atoms with E-state index in [0.29, 0.717) is 11.1 Å². The predicted molar refractivity (Wildman–Crippen MR) is 115 cm³/mol. The van der Waals surface area contributed by atoms with Gasteiger partial charge in [0.15, 0.2) is 11.3 Å². The molecular formula is C23H22N2O5S. The second-order valence-corrected chi connectivity index (χ2v) is 8.22. The highest BCUT2D eigenvalue weighted by atomic mass is 32.2. The standard InChI is InChI=1S/C23H22N2O5S/c1-4-30-31(26,27)21-11-10-16(2)12-18(21)20-14-25-23(19(13-24)22(20)28-3)29-15-17-8-6-5-7-9-17/h5-12,14H,4,15H2,1-3H3. The molecule has 8 heteroatoms. The molecule has 7 nitrogen and oxygen atoms in total. The molecular weight excluding hydrogens is 416 g/mol. The van der Waals surface area contributed by atoms with Crippen LogP contribution in [0.5, 0.6) is 11.6 Å². The molecule has 2 aromatic carbocycles. The second-order valence-electron chi connectivity index (χ2n) is 6.63. The van der Waals surface area contributed by atoms with Gasteiger partial charge in [0.05, 0.1) is 13.7 Å². The summed E-state index contributed by atoms with van der Waals surface area (Å²) in [6.07, 6.45) is 1.44. The van der Waals surface area contributed by atoms with E-state index in [9.17, 15) is 13.7 Å². The summed E-state index contributed by atoms with van der Waals surface area (Å²) in [7, 11) is -2.59. The molecule has 0 aliphatic carbocycles. The summed E-state index contributed by atoms with van der Waals surface area (Å²) in [5.41, 5.74) is 2.52. The van der Waals surface area contributed by atoms with Gasteiger partial charge in [-0.15, -0.1) is 0 Å². The van der Waals surface area contributed by atoms with Gasteiger partial charge in [-0.25, -0.2) is 4.98 Å². The third-order valence-electron chi connectivity index (χ3n) is 4.50. The summed E-state index contributed by atoms with van der Waals surface area (Å²) in [6.45, 7) is 3.66. The van der Waals surface area contributed by atoms with Crippen molar-refractivity contribution in [1.82, 2.24) is 4.98 Å². The highest BCUT2D eigenvalue weighted by Gasteiger charge is 2.25. The third-order valence-corrected chi connectivity index (χ3v) is 5.94. The van der Waals surface area contributed by atoms with Gasteiger partial charge < -0.3 is 9.47 Å². The van der Waals surface area contributed by atoms with Crippen molar-refractivity contribution in [3.05, 3.63) is 71.4 Å². The molecule has 0 radical (unpaired) electrons. The van der Waals surface area contributed by atoms with Crippen LogP contribution < -0.4 is 9.47 Å². The Labute approximate surface area is 182 Å². The van der Waals surface area contributed by atoms with Crippen LogP contribution in [0.2, 0.25) is 0 Å². The van der Waals surface area contributed by atoms with Gasteiger partial charge in [0.2, 0.25) is 5.88 Å². The second kappa shape index (κ2) is 9.60. The summed E-state index contributed by atoms with van der Waals surface area (Å²) in [5, 5.41) is 9.77. The number of benzene rings is 2. The fourth-order valence-corrected chi connectivity index (χ4v) is 4.22. The first-order valence-corrected chi connectivity index (χ1v) is 11.0. The van der Waals surface area contributed by atoms with Crippen LogP contribution in [0, 0.1) is 18.3 Å². The molecule has 0 bridgehead atoms. The fraction of sp³-hybridized carbons (Fsp3) is 0.217. The van der Waals surface area contributed by atoms with E-state index in [4.69, 9.17) is 13.7 Å². The zero-order valence-corrected chi connectivity index (χ0v) is 18.3. The summed E-state index contributed by atoms with van der Waals surface area (Å²) < 4.78 is 41.5. The zero-order valence-electron chi connectivity index (χ0n) is 17.5. The molecule has 1 heterocycles. The van der Waals surface area contributed by atoms with Crippen molar-refractivity contribution in [3.63, 3.8) is 0 Å². The van der Waals surface area contributed by atoms with Crippen LogP contribution in [0.1, 0.15) is 23.6 Å². The summed E-state index contributed by atoms with van der Waals surface area (Å²) in [6, 6.07) is 16.4. The molecule has 160 valence electrons. The van der Waals surface area contributed by atoms with Crippen molar-refractivity contribution in [2.75, 3.05) is 13.7 Å². The van der Waals surface area contributed by atoms with Gasteiger partial charge in [0, 0.05) is 17.3 Å². The van der Waals surface area contributed by atoms with Gasteiger partial charge in [-0.2, -0.15) is 13.7 Å². The quantitative estimate of drug-likeness (QED) is 0.485. The lowest BCUT2D eigenvalue weighted by Gasteiger charge is -2.16. The predicted octanol–water partition coefficient (Wildman–Crippen LogP) is 4.24. The van der Waals surface area contributed by atoms with Crippen LogP contribution >= 0.6 is 0 Å². The highest BCUT2D eigenvalue weighted by molar-refractivity contribution is 7.87. The maximum absolute atomic E-state index is 12.6. The van der Waals surface area contributed by atoms with Crippen LogP contribution in [0.15, 0.2) is 59.6 Å². The van der Waals surface area contributed by atoms with Gasteiger partial charge in [-0.3, -0.25) is 4.18 Å². The Bertz CT molecular complexity index is 1220. The number of pyridine rings is 1. The van der Waals surface area contributed by atoms with E-state index in [-0.39, 0.29) is 35.3 Å². The van der Waals surface area contributed by atoms with E-state index in [0.717, 1.165) is 11.1 Å². The van der Waals surface area contributed by atoms with E-state index in [2.05, 4.69) is 11.1 Å². The van der Waals surface area contributed by atoms with E-state index in [1.807, 2.05) is 37.3 Å². The van der Waals surface area contributed by atoms with Crippen molar-refractivity contribution < 1.29 is 22.1 Å². The molecule has 0 aliphatic rings. The van der Waals surface area contributed by atoms with Gasteiger partial charge in [-0.1, -0.05) is 42.0 Å². The summed E-state index contributed by atoms with van der Waals surface area (Å²) in [4.78, 5) is 4.26. The molecule has 0 unspecified atom stereocenters. The van der Waals surface area contributed by atoms with E-state index >= 15 is 0 Å². The first-order chi connectivity index (χ1) is 14.9. The number of hydrogen-bond donors (Lipinski definition) is 0. The Balaban J connectivity index is 2.11. The Morgan fingerprint density at radius 3 is 2.48 bits per heavy atom.